The van der Waals surface area contributed by atoms with Gasteiger partial charge >= 0.3 is 0 Å². The molecular formula is C13H10BrNO3S. The number of oxime groups is 1. The molecule has 0 atom stereocenters. The van der Waals surface area contributed by atoms with Gasteiger partial charge in [-0.1, -0.05) is 5.16 Å². The van der Waals surface area contributed by atoms with Crippen LogP contribution in [-0.4, -0.2) is 17.5 Å². The van der Waals surface area contributed by atoms with E-state index in [-0.39, 0.29) is 0 Å². The quantitative estimate of drug-likeness (QED) is 0.685. The Hall–Kier alpha value is -1.53. The molecule has 4 nitrogen and oxygen atoms in total. The summed E-state index contributed by atoms with van der Waals surface area (Å²) in [6, 6.07) is 7.54. The smallest absolute Gasteiger partial charge is 0.134 e. The molecule has 2 heterocycles. The number of thiophene rings is 1. The van der Waals surface area contributed by atoms with Gasteiger partial charge in [-0.05, 0) is 34.1 Å². The second kappa shape index (κ2) is 5.22. The number of ether oxygens (including phenoxy) is 2. The molecule has 0 aliphatic carbocycles. The summed E-state index contributed by atoms with van der Waals surface area (Å²) >= 11 is 5.05. The molecule has 1 aromatic carbocycles. The van der Waals surface area contributed by atoms with E-state index in [0.29, 0.717) is 24.7 Å². The molecule has 0 radical (unpaired) electrons. The first-order valence-electron chi connectivity index (χ1n) is 5.60. The summed E-state index contributed by atoms with van der Waals surface area (Å²) in [5, 5.41) is 14.0. The van der Waals surface area contributed by atoms with E-state index in [9.17, 15) is 0 Å². The van der Waals surface area contributed by atoms with Gasteiger partial charge in [-0.15, -0.1) is 11.3 Å². The maximum Gasteiger partial charge on any atom is 0.134 e. The average molecular weight is 340 g/mol. The fourth-order valence-electron chi connectivity index (χ4n) is 1.84. The van der Waals surface area contributed by atoms with Gasteiger partial charge in [0.05, 0.1) is 0 Å². The molecule has 98 valence electrons. The van der Waals surface area contributed by atoms with Crippen LogP contribution in [0.2, 0.25) is 0 Å². The third-order valence-corrected chi connectivity index (χ3v) is 4.42. The van der Waals surface area contributed by atoms with Gasteiger partial charge in [0, 0.05) is 26.4 Å². The Balaban J connectivity index is 1.73. The summed E-state index contributed by atoms with van der Waals surface area (Å²) in [7, 11) is 0. The summed E-state index contributed by atoms with van der Waals surface area (Å²) in [5.74, 6) is 1.43. The number of halogens is 1. The van der Waals surface area contributed by atoms with Crippen LogP contribution in [0.3, 0.4) is 0 Å². The normalized spacial score (nSPS) is 15.3. The zero-order valence-corrected chi connectivity index (χ0v) is 12.2. The lowest BCUT2D eigenvalue weighted by Crippen LogP contribution is -2.01. The number of rotatable bonds is 3. The van der Waals surface area contributed by atoms with Crippen LogP contribution in [0.1, 0.15) is 10.4 Å². The van der Waals surface area contributed by atoms with E-state index >= 15 is 0 Å². The average Bonchev–Trinajstić information content (AvgIpc) is 3.01. The highest BCUT2D eigenvalue weighted by Crippen LogP contribution is 2.30. The molecule has 0 spiro atoms. The van der Waals surface area contributed by atoms with E-state index in [2.05, 4.69) is 21.1 Å². The van der Waals surface area contributed by atoms with Crippen LogP contribution in [0.25, 0.3) is 0 Å². The molecular weight excluding hydrogens is 330 g/mol. The summed E-state index contributed by atoms with van der Waals surface area (Å²) < 4.78 is 12.2. The zero-order chi connectivity index (χ0) is 13.2. The Morgan fingerprint density at radius 3 is 3.05 bits per heavy atom. The lowest BCUT2D eigenvalue weighted by atomic mass is 10.1. The highest BCUT2D eigenvalue weighted by Gasteiger charge is 2.20. The van der Waals surface area contributed by atoms with Gasteiger partial charge in [0.1, 0.15) is 30.4 Å². The molecule has 0 bridgehead atoms. The van der Waals surface area contributed by atoms with Gasteiger partial charge in [-0.3, -0.25) is 0 Å². The van der Waals surface area contributed by atoms with Gasteiger partial charge in [-0.2, -0.15) is 0 Å². The lowest BCUT2D eigenvalue weighted by molar-refractivity contribution is 0.305. The van der Waals surface area contributed by atoms with Crippen LogP contribution in [0.15, 0.2) is 39.3 Å². The molecule has 0 saturated heterocycles. The van der Waals surface area contributed by atoms with Gasteiger partial charge in [-0.25, -0.2) is 0 Å². The van der Waals surface area contributed by atoms with Crippen LogP contribution < -0.4 is 9.47 Å². The minimum Gasteiger partial charge on any atom is -0.488 e. The summed E-state index contributed by atoms with van der Waals surface area (Å²) in [6.45, 7) is 0.823. The fourth-order valence-corrected chi connectivity index (χ4v) is 3.20. The first kappa shape index (κ1) is 12.5. The molecule has 3 rings (SSSR count). The lowest BCUT2D eigenvalue weighted by Gasteiger charge is -2.06. The van der Waals surface area contributed by atoms with Crippen molar-refractivity contribution in [2.24, 2.45) is 5.16 Å². The first-order valence-corrected chi connectivity index (χ1v) is 7.27. The third kappa shape index (κ3) is 2.59. The van der Waals surface area contributed by atoms with Crippen LogP contribution >= 0.6 is 27.3 Å². The van der Waals surface area contributed by atoms with Crippen molar-refractivity contribution < 1.29 is 14.7 Å². The van der Waals surface area contributed by atoms with E-state index in [1.54, 1.807) is 11.3 Å². The van der Waals surface area contributed by atoms with E-state index in [1.165, 1.54) is 0 Å². The second-order valence-electron chi connectivity index (χ2n) is 4.01. The molecule has 19 heavy (non-hydrogen) atoms. The van der Waals surface area contributed by atoms with Crippen molar-refractivity contribution in [2.45, 2.75) is 6.61 Å². The predicted molar refractivity (Wildman–Crippen MR) is 76.6 cm³/mol. The Labute approximate surface area is 122 Å². The highest BCUT2D eigenvalue weighted by atomic mass is 79.9. The molecule has 1 N–H and O–H groups in total. The number of nitrogens with zero attached hydrogens (tertiary/aromatic N) is 1. The van der Waals surface area contributed by atoms with Crippen molar-refractivity contribution in [2.75, 3.05) is 6.61 Å². The van der Waals surface area contributed by atoms with E-state index in [1.807, 2.05) is 29.6 Å². The van der Waals surface area contributed by atoms with Gasteiger partial charge in [0.15, 0.2) is 0 Å². The number of fused-ring (bicyclic) bond motifs is 1. The minimum atomic E-state index is 0.299. The van der Waals surface area contributed by atoms with E-state index in [4.69, 9.17) is 14.7 Å². The van der Waals surface area contributed by atoms with E-state index < -0.39 is 0 Å². The zero-order valence-electron chi connectivity index (χ0n) is 9.80. The second-order valence-corrected chi connectivity index (χ2v) is 5.92. The summed E-state index contributed by atoms with van der Waals surface area (Å²) in [4.78, 5) is 1.14. The van der Waals surface area contributed by atoms with Crippen molar-refractivity contribution >= 4 is 33.0 Å². The van der Waals surface area contributed by atoms with Crippen LogP contribution in [0.4, 0.5) is 0 Å². The maximum absolute atomic E-state index is 8.81. The summed E-state index contributed by atoms with van der Waals surface area (Å²) in [6.07, 6.45) is 0. The Morgan fingerprint density at radius 2 is 2.32 bits per heavy atom. The van der Waals surface area contributed by atoms with Crippen molar-refractivity contribution in [3.63, 3.8) is 0 Å². The Bertz CT molecular complexity index is 639. The predicted octanol–water partition coefficient (Wildman–Crippen LogP) is 3.66. The molecule has 1 aliphatic rings. The van der Waals surface area contributed by atoms with Crippen LogP contribution in [0.5, 0.6) is 11.5 Å². The molecule has 0 saturated carbocycles. The van der Waals surface area contributed by atoms with Crippen LogP contribution in [-0.2, 0) is 6.61 Å². The molecule has 1 aromatic heterocycles. The number of hydrogen-bond donors (Lipinski definition) is 1. The molecule has 2 aromatic rings. The van der Waals surface area contributed by atoms with Crippen molar-refractivity contribution in [3.8, 4) is 11.5 Å². The monoisotopic (exact) mass is 339 g/mol. The molecule has 1 aliphatic heterocycles. The molecule has 0 amide bonds. The Morgan fingerprint density at radius 1 is 1.42 bits per heavy atom. The largest absolute Gasteiger partial charge is 0.488 e. The standard InChI is InChI=1S/C13H10BrNO3S/c14-8-3-10(19-7-8)5-17-9-1-2-11-12(15-16)6-18-13(11)4-9/h1-4,7,16H,5-6H2. The van der Waals surface area contributed by atoms with E-state index in [0.717, 1.165) is 20.7 Å². The molecule has 0 fully saturated rings. The number of benzene rings is 1. The van der Waals surface area contributed by atoms with Crippen molar-refractivity contribution in [1.82, 2.24) is 0 Å². The molecule has 0 unspecified atom stereocenters. The number of hydrogen-bond acceptors (Lipinski definition) is 5. The van der Waals surface area contributed by atoms with Gasteiger partial charge < -0.3 is 14.7 Å². The highest BCUT2D eigenvalue weighted by molar-refractivity contribution is 9.10. The van der Waals surface area contributed by atoms with Gasteiger partial charge in [0.25, 0.3) is 0 Å². The fraction of sp³-hybridized carbons (Fsp3) is 0.154. The first-order chi connectivity index (χ1) is 9.26. The SMILES string of the molecule is ON=C1COc2cc(OCc3cc(Br)cs3)ccc21. The molecule has 6 heteroatoms. The summed E-state index contributed by atoms with van der Waals surface area (Å²) in [5.41, 5.74) is 1.36. The van der Waals surface area contributed by atoms with Crippen LogP contribution in [0, 0.1) is 0 Å². The topological polar surface area (TPSA) is 51.1 Å². The van der Waals surface area contributed by atoms with Gasteiger partial charge in [0.2, 0.25) is 0 Å². The van der Waals surface area contributed by atoms with Crippen molar-refractivity contribution in [3.05, 3.63) is 44.6 Å². The maximum atomic E-state index is 8.81. The van der Waals surface area contributed by atoms with Crippen molar-refractivity contribution in [1.29, 1.82) is 0 Å². The third-order valence-electron chi connectivity index (χ3n) is 2.75. The minimum absolute atomic E-state index is 0.299. The Kier molecular flexibility index (Phi) is 3.44.